The molecule has 0 N–H and O–H groups in total. The Morgan fingerprint density at radius 2 is 1.69 bits per heavy atom. The molecule has 1 saturated heterocycles. The molecule has 1 aliphatic rings. The number of ketones is 1. The summed E-state index contributed by atoms with van der Waals surface area (Å²) in [5, 5.41) is 0. The molecule has 0 aromatic rings. The van der Waals surface area contributed by atoms with Crippen molar-refractivity contribution in [3.05, 3.63) is 0 Å². The van der Waals surface area contributed by atoms with Crippen molar-refractivity contribution >= 4 is 11.7 Å². The lowest BCUT2D eigenvalue weighted by molar-refractivity contribution is -0.142. The standard InChI is InChI=1S/C13H23NO2/c1-5-11(15)10-6-8-14(9-7-10)12(16)13(2,3)4/h10H,5-9H2,1-4H3. The molecule has 1 heterocycles. The van der Waals surface area contributed by atoms with Crippen LogP contribution in [-0.2, 0) is 9.59 Å². The lowest BCUT2D eigenvalue weighted by atomic mass is 9.88. The second-order valence-electron chi connectivity index (χ2n) is 5.64. The second kappa shape index (κ2) is 4.98. The predicted octanol–water partition coefficient (Wildman–Crippen LogP) is 2.25. The van der Waals surface area contributed by atoms with Crippen LogP contribution in [0.5, 0.6) is 0 Å². The molecule has 0 saturated carbocycles. The van der Waals surface area contributed by atoms with Crippen LogP contribution in [0.2, 0.25) is 0 Å². The van der Waals surface area contributed by atoms with Gasteiger partial charge in [-0.3, -0.25) is 9.59 Å². The van der Waals surface area contributed by atoms with Crippen LogP contribution in [0.15, 0.2) is 0 Å². The van der Waals surface area contributed by atoms with Gasteiger partial charge in [-0.05, 0) is 12.8 Å². The molecule has 3 nitrogen and oxygen atoms in total. The van der Waals surface area contributed by atoms with Crippen LogP contribution in [0.25, 0.3) is 0 Å². The summed E-state index contributed by atoms with van der Waals surface area (Å²) in [6, 6.07) is 0. The lowest BCUT2D eigenvalue weighted by Crippen LogP contribution is -2.45. The molecule has 0 spiro atoms. The molecular formula is C13H23NO2. The zero-order valence-electron chi connectivity index (χ0n) is 10.9. The molecule has 16 heavy (non-hydrogen) atoms. The highest BCUT2D eigenvalue weighted by molar-refractivity contribution is 5.83. The quantitative estimate of drug-likeness (QED) is 0.723. The van der Waals surface area contributed by atoms with Crippen molar-refractivity contribution in [2.24, 2.45) is 11.3 Å². The monoisotopic (exact) mass is 225 g/mol. The Balaban J connectivity index is 2.49. The SMILES string of the molecule is CCC(=O)C1CCN(C(=O)C(C)(C)C)CC1. The van der Waals surface area contributed by atoms with Crippen molar-refractivity contribution in [1.29, 1.82) is 0 Å². The largest absolute Gasteiger partial charge is 0.342 e. The van der Waals surface area contributed by atoms with Crippen molar-refractivity contribution in [2.75, 3.05) is 13.1 Å². The van der Waals surface area contributed by atoms with Gasteiger partial charge in [-0.2, -0.15) is 0 Å². The topological polar surface area (TPSA) is 37.4 Å². The van der Waals surface area contributed by atoms with Crippen molar-refractivity contribution in [1.82, 2.24) is 4.90 Å². The molecule has 0 atom stereocenters. The summed E-state index contributed by atoms with van der Waals surface area (Å²) in [7, 11) is 0. The summed E-state index contributed by atoms with van der Waals surface area (Å²) < 4.78 is 0. The van der Waals surface area contributed by atoms with E-state index in [0.29, 0.717) is 12.2 Å². The second-order valence-corrected chi connectivity index (χ2v) is 5.64. The molecular weight excluding hydrogens is 202 g/mol. The Kier molecular flexibility index (Phi) is 4.11. The molecule has 1 aliphatic heterocycles. The van der Waals surface area contributed by atoms with E-state index >= 15 is 0 Å². The van der Waals surface area contributed by atoms with Crippen molar-refractivity contribution in [2.45, 2.75) is 47.0 Å². The Hall–Kier alpha value is -0.860. The van der Waals surface area contributed by atoms with Gasteiger partial charge in [0.25, 0.3) is 0 Å². The molecule has 0 aromatic carbocycles. The number of amides is 1. The van der Waals surface area contributed by atoms with Gasteiger partial charge in [-0.25, -0.2) is 0 Å². The van der Waals surface area contributed by atoms with Crippen LogP contribution in [0.1, 0.15) is 47.0 Å². The first-order valence-electron chi connectivity index (χ1n) is 6.18. The Labute approximate surface area is 98.2 Å². The predicted molar refractivity (Wildman–Crippen MR) is 64.1 cm³/mol. The fourth-order valence-electron chi connectivity index (χ4n) is 2.17. The third-order valence-corrected chi connectivity index (χ3v) is 3.23. The van der Waals surface area contributed by atoms with Gasteiger partial charge in [0.05, 0.1) is 0 Å². The van der Waals surface area contributed by atoms with Crippen LogP contribution >= 0.6 is 0 Å². The van der Waals surface area contributed by atoms with Crippen LogP contribution in [0.3, 0.4) is 0 Å². The third kappa shape index (κ3) is 3.06. The molecule has 0 aliphatic carbocycles. The fourth-order valence-corrected chi connectivity index (χ4v) is 2.17. The van der Waals surface area contributed by atoms with Gasteiger partial charge in [0.1, 0.15) is 5.78 Å². The summed E-state index contributed by atoms with van der Waals surface area (Å²) in [4.78, 5) is 25.4. The molecule has 1 fully saturated rings. The van der Waals surface area contributed by atoms with E-state index in [1.165, 1.54) is 0 Å². The smallest absolute Gasteiger partial charge is 0.227 e. The molecule has 0 radical (unpaired) electrons. The maximum Gasteiger partial charge on any atom is 0.227 e. The van der Waals surface area contributed by atoms with E-state index in [1.807, 2.05) is 32.6 Å². The lowest BCUT2D eigenvalue weighted by Gasteiger charge is -2.35. The molecule has 0 bridgehead atoms. The third-order valence-electron chi connectivity index (χ3n) is 3.23. The summed E-state index contributed by atoms with van der Waals surface area (Å²) in [5.74, 6) is 0.742. The van der Waals surface area contributed by atoms with E-state index in [4.69, 9.17) is 0 Å². The van der Waals surface area contributed by atoms with Gasteiger partial charge < -0.3 is 4.90 Å². The maximum atomic E-state index is 12.0. The number of nitrogens with zero attached hydrogens (tertiary/aromatic N) is 1. The van der Waals surface area contributed by atoms with Gasteiger partial charge >= 0.3 is 0 Å². The molecule has 1 rings (SSSR count). The van der Waals surface area contributed by atoms with Crippen LogP contribution in [0, 0.1) is 11.3 Å². The van der Waals surface area contributed by atoms with Crippen LogP contribution in [-0.4, -0.2) is 29.7 Å². The molecule has 1 amide bonds. The number of piperidine rings is 1. The zero-order valence-corrected chi connectivity index (χ0v) is 10.9. The van der Waals surface area contributed by atoms with Gasteiger partial charge in [0.15, 0.2) is 0 Å². The van der Waals surface area contributed by atoms with E-state index in [9.17, 15) is 9.59 Å². The minimum Gasteiger partial charge on any atom is -0.342 e. The number of carbonyl (C=O) groups excluding carboxylic acids is 2. The van der Waals surface area contributed by atoms with Gasteiger partial charge in [-0.15, -0.1) is 0 Å². The first-order chi connectivity index (χ1) is 7.36. The highest BCUT2D eigenvalue weighted by Gasteiger charge is 2.31. The fraction of sp³-hybridized carbons (Fsp3) is 0.846. The summed E-state index contributed by atoms with van der Waals surface area (Å²) in [5.41, 5.74) is -0.304. The minimum absolute atomic E-state index is 0.189. The first-order valence-corrected chi connectivity index (χ1v) is 6.18. The minimum atomic E-state index is -0.304. The Morgan fingerprint density at radius 1 is 1.19 bits per heavy atom. The highest BCUT2D eigenvalue weighted by Crippen LogP contribution is 2.24. The van der Waals surface area contributed by atoms with Gasteiger partial charge in [0, 0.05) is 30.8 Å². The highest BCUT2D eigenvalue weighted by atomic mass is 16.2. The average molecular weight is 225 g/mol. The van der Waals surface area contributed by atoms with Gasteiger partial charge in [0.2, 0.25) is 5.91 Å². The summed E-state index contributed by atoms with van der Waals surface area (Å²) >= 11 is 0. The van der Waals surface area contributed by atoms with E-state index in [0.717, 1.165) is 25.9 Å². The van der Waals surface area contributed by atoms with E-state index in [1.54, 1.807) is 0 Å². The Bertz CT molecular complexity index is 270. The molecule has 92 valence electrons. The van der Waals surface area contributed by atoms with Crippen LogP contribution < -0.4 is 0 Å². The maximum absolute atomic E-state index is 12.0. The number of likely N-dealkylation sites (tertiary alicyclic amines) is 1. The number of Topliss-reactive ketones (excluding diaryl/α,β-unsaturated/α-hetero) is 1. The Morgan fingerprint density at radius 3 is 2.06 bits per heavy atom. The van der Waals surface area contributed by atoms with E-state index in [2.05, 4.69) is 0 Å². The molecule has 0 aromatic heterocycles. The average Bonchev–Trinajstić information content (AvgIpc) is 2.26. The van der Waals surface area contributed by atoms with Crippen molar-refractivity contribution < 1.29 is 9.59 Å². The normalized spacial score (nSPS) is 18.6. The number of carbonyl (C=O) groups is 2. The molecule has 3 heteroatoms. The summed E-state index contributed by atoms with van der Waals surface area (Å²) in [6.07, 6.45) is 2.31. The summed E-state index contributed by atoms with van der Waals surface area (Å²) in [6.45, 7) is 9.23. The molecule has 0 unspecified atom stereocenters. The van der Waals surface area contributed by atoms with Crippen molar-refractivity contribution in [3.8, 4) is 0 Å². The number of rotatable bonds is 2. The van der Waals surface area contributed by atoms with Crippen LogP contribution in [0.4, 0.5) is 0 Å². The van der Waals surface area contributed by atoms with E-state index < -0.39 is 0 Å². The van der Waals surface area contributed by atoms with E-state index in [-0.39, 0.29) is 17.2 Å². The zero-order chi connectivity index (χ0) is 12.3. The van der Waals surface area contributed by atoms with Crippen molar-refractivity contribution in [3.63, 3.8) is 0 Å². The first kappa shape index (κ1) is 13.2. The number of hydrogen-bond acceptors (Lipinski definition) is 2. The van der Waals surface area contributed by atoms with Gasteiger partial charge in [-0.1, -0.05) is 27.7 Å². The number of hydrogen-bond donors (Lipinski definition) is 0.